The number of hydrogen-bond donors (Lipinski definition) is 2. The molecule has 194 valence electrons. The van der Waals surface area contributed by atoms with E-state index >= 15 is 0 Å². The van der Waals surface area contributed by atoms with Gasteiger partial charge in [-0.25, -0.2) is 4.39 Å². The molecule has 0 spiro atoms. The largest absolute Gasteiger partial charge is 0.492 e. The monoisotopic (exact) mass is 518 g/mol. The van der Waals surface area contributed by atoms with Gasteiger partial charge in [0.1, 0.15) is 23.9 Å². The molecule has 0 unspecified atom stereocenters. The number of fused-ring (bicyclic) bond motifs is 2. The molecule has 1 fully saturated rings. The fraction of sp³-hybridized carbons (Fsp3) is 0.194. The number of ether oxygens (including phenoxy) is 1. The van der Waals surface area contributed by atoms with Gasteiger partial charge in [0.25, 0.3) is 0 Å². The molecule has 8 heteroatoms. The van der Waals surface area contributed by atoms with E-state index in [0.717, 1.165) is 75.2 Å². The first-order chi connectivity index (χ1) is 19.2. The first-order valence-corrected chi connectivity index (χ1v) is 13.2. The lowest BCUT2D eigenvalue weighted by molar-refractivity contribution is 0.237. The molecule has 4 heterocycles. The highest BCUT2D eigenvalue weighted by molar-refractivity contribution is 6.01. The summed E-state index contributed by atoms with van der Waals surface area (Å²) in [6.45, 7) is 3.63. The molecule has 2 N–H and O–H groups in total. The van der Waals surface area contributed by atoms with Crippen molar-refractivity contribution in [3.63, 3.8) is 0 Å². The van der Waals surface area contributed by atoms with Crippen molar-refractivity contribution in [2.24, 2.45) is 0 Å². The second-order valence-corrected chi connectivity index (χ2v) is 9.95. The van der Waals surface area contributed by atoms with Crippen LogP contribution in [0, 0.1) is 5.82 Å². The minimum Gasteiger partial charge on any atom is -0.492 e. The number of halogens is 1. The van der Waals surface area contributed by atoms with Gasteiger partial charge in [-0.3, -0.25) is 20.0 Å². The van der Waals surface area contributed by atoms with E-state index in [9.17, 15) is 4.39 Å². The maximum atomic E-state index is 14.7. The van der Waals surface area contributed by atoms with Crippen LogP contribution in [0.1, 0.15) is 12.8 Å². The average Bonchev–Trinajstić information content (AvgIpc) is 3.72. The zero-order chi connectivity index (χ0) is 26.2. The van der Waals surface area contributed by atoms with Gasteiger partial charge < -0.3 is 9.72 Å². The molecule has 1 saturated heterocycles. The second kappa shape index (κ2) is 9.96. The summed E-state index contributed by atoms with van der Waals surface area (Å²) >= 11 is 0. The zero-order valence-corrected chi connectivity index (χ0v) is 21.3. The van der Waals surface area contributed by atoms with Crippen LogP contribution in [0.25, 0.3) is 55.6 Å². The number of rotatable bonds is 7. The van der Waals surface area contributed by atoms with E-state index < -0.39 is 0 Å². The normalized spacial score (nSPS) is 14.0. The van der Waals surface area contributed by atoms with E-state index in [2.05, 4.69) is 42.2 Å². The molecule has 0 amide bonds. The maximum absolute atomic E-state index is 14.7. The van der Waals surface area contributed by atoms with Gasteiger partial charge in [-0.05, 0) is 73.5 Å². The molecule has 0 aliphatic carbocycles. The standard InChI is InChI=1S/C31H27FN6O/c32-22-14-21(15-23(17-22)39-13-12-38-10-1-2-11-38)24-4-3-5-27-25(24)18-29(35-27)31-26-16-20(6-7-28(26)36-37-31)30-19-33-8-9-34-30/h3-9,14-19,35H,1-2,10-13H2,(H,36,37). The molecule has 6 aromatic rings. The molecule has 3 aromatic heterocycles. The lowest BCUT2D eigenvalue weighted by Gasteiger charge is -2.15. The van der Waals surface area contributed by atoms with Gasteiger partial charge in [-0.15, -0.1) is 0 Å². The number of aromatic amines is 2. The summed E-state index contributed by atoms with van der Waals surface area (Å²) in [5.74, 6) is 0.234. The summed E-state index contributed by atoms with van der Waals surface area (Å²) in [6.07, 6.45) is 7.58. The molecule has 0 bridgehead atoms. The first-order valence-electron chi connectivity index (χ1n) is 13.2. The smallest absolute Gasteiger partial charge is 0.127 e. The van der Waals surface area contributed by atoms with Crippen molar-refractivity contribution in [2.45, 2.75) is 12.8 Å². The fourth-order valence-corrected chi connectivity index (χ4v) is 5.46. The van der Waals surface area contributed by atoms with Gasteiger partial charge in [-0.2, -0.15) is 5.10 Å². The van der Waals surface area contributed by atoms with Crippen molar-refractivity contribution in [1.82, 2.24) is 30.0 Å². The summed E-state index contributed by atoms with van der Waals surface area (Å²) in [6, 6.07) is 19.1. The van der Waals surface area contributed by atoms with Crippen LogP contribution in [0.15, 0.2) is 79.3 Å². The van der Waals surface area contributed by atoms with E-state index in [1.807, 2.05) is 36.4 Å². The van der Waals surface area contributed by atoms with Crippen LogP contribution >= 0.6 is 0 Å². The first kappa shape index (κ1) is 23.5. The highest BCUT2D eigenvalue weighted by Crippen LogP contribution is 2.36. The Morgan fingerprint density at radius 1 is 0.897 bits per heavy atom. The predicted octanol–water partition coefficient (Wildman–Crippen LogP) is 6.45. The van der Waals surface area contributed by atoms with Crippen LogP contribution in [0.5, 0.6) is 5.75 Å². The number of H-pyrrole nitrogens is 2. The number of hydrogen-bond acceptors (Lipinski definition) is 5. The van der Waals surface area contributed by atoms with E-state index in [1.54, 1.807) is 24.7 Å². The zero-order valence-electron chi connectivity index (χ0n) is 21.3. The Labute approximate surface area is 224 Å². The molecule has 7 rings (SSSR count). The van der Waals surface area contributed by atoms with Crippen molar-refractivity contribution >= 4 is 21.8 Å². The molecule has 39 heavy (non-hydrogen) atoms. The molecule has 0 radical (unpaired) electrons. The lowest BCUT2D eigenvalue weighted by atomic mass is 10.0. The SMILES string of the molecule is Fc1cc(OCCN2CCCC2)cc(-c2cccc3[nH]c(-c4n[nH]c5ccc(-c6cnccn6)cc45)cc23)c1. The summed E-state index contributed by atoms with van der Waals surface area (Å²) in [7, 11) is 0. The fourth-order valence-electron chi connectivity index (χ4n) is 5.46. The van der Waals surface area contributed by atoms with Gasteiger partial charge in [-0.1, -0.05) is 18.2 Å². The van der Waals surface area contributed by atoms with E-state index in [4.69, 9.17) is 4.74 Å². The van der Waals surface area contributed by atoms with Crippen molar-refractivity contribution in [2.75, 3.05) is 26.2 Å². The Kier molecular flexibility index (Phi) is 6.01. The third-order valence-electron chi connectivity index (χ3n) is 7.40. The number of aromatic nitrogens is 5. The van der Waals surface area contributed by atoms with E-state index in [0.29, 0.717) is 12.4 Å². The Balaban J connectivity index is 1.23. The Hall–Kier alpha value is -4.56. The third kappa shape index (κ3) is 4.64. The number of likely N-dealkylation sites (tertiary alicyclic amines) is 1. The second-order valence-electron chi connectivity index (χ2n) is 9.95. The molecule has 1 aliphatic rings. The third-order valence-corrected chi connectivity index (χ3v) is 7.40. The van der Waals surface area contributed by atoms with Crippen molar-refractivity contribution in [1.29, 1.82) is 0 Å². The van der Waals surface area contributed by atoms with Crippen LogP contribution < -0.4 is 4.74 Å². The van der Waals surface area contributed by atoms with Crippen molar-refractivity contribution < 1.29 is 9.13 Å². The Morgan fingerprint density at radius 2 is 1.82 bits per heavy atom. The average molecular weight is 519 g/mol. The molecule has 1 aliphatic heterocycles. The highest BCUT2D eigenvalue weighted by Gasteiger charge is 2.16. The van der Waals surface area contributed by atoms with Gasteiger partial charge in [0.05, 0.1) is 23.1 Å². The Bertz CT molecular complexity index is 1770. The van der Waals surface area contributed by atoms with Crippen LogP contribution in [-0.2, 0) is 0 Å². The Morgan fingerprint density at radius 3 is 2.69 bits per heavy atom. The van der Waals surface area contributed by atoms with Gasteiger partial charge in [0.2, 0.25) is 0 Å². The maximum Gasteiger partial charge on any atom is 0.127 e. The molecular formula is C31H27FN6O. The van der Waals surface area contributed by atoms with Crippen molar-refractivity contribution in [3.8, 4) is 39.5 Å². The highest BCUT2D eigenvalue weighted by atomic mass is 19.1. The lowest BCUT2D eigenvalue weighted by Crippen LogP contribution is -2.25. The summed E-state index contributed by atoms with van der Waals surface area (Å²) in [5, 5.41) is 9.72. The number of nitrogens with zero attached hydrogens (tertiary/aromatic N) is 4. The van der Waals surface area contributed by atoms with Gasteiger partial charge >= 0.3 is 0 Å². The minimum absolute atomic E-state index is 0.314. The predicted molar refractivity (Wildman–Crippen MR) is 151 cm³/mol. The van der Waals surface area contributed by atoms with Crippen LogP contribution in [0.4, 0.5) is 4.39 Å². The molecule has 0 saturated carbocycles. The van der Waals surface area contributed by atoms with Crippen molar-refractivity contribution in [3.05, 3.63) is 85.1 Å². The van der Waals surface area contributed by atoms with Crippen LogP contribution in [0.3, 0.4) is 0 Å². The quantitative estimate of drug-likeness (QED) is 0.254. The summed E-state index contributed by atoms with van der Waals surface area (Å²) in [5.41, 5.74) is 7.03. The van der Waals surface area contributed by atoms with Gasteiger partial charge in [0, 0.05) is 46.9 Å². The van der Waals surface area contributed by atoms with Crippen LogP contribution in [-0.4, -0.2) is 56.3 Å². The minimum atomic E-state index is -0.314. The van der Waals surface area contributed by atoms with Gasteiger partial charge in [0.15, 0.2) is 0 Å². The number of benzene rings is 3. The van der Waals surface area contributed by atoms with Crippen LogP contribution in [0.2, 0.25) is 0 Å². The number of nitrogens with one attached hydrogen (secondary N) is 2. The van der Waals surface area contributed by atoms with E-state index in [-0.39, 0.29) is 5.82 Å². The topological polar surface area (TPSA) is 82.7 Å². The molecule has 0 atom stereocenters. The molecular weight excluding hydrogens is 491 g/mol. The molecule has 7 nitrogen and oxygen atoms in total. The van der Waals surface area contributed by atoms with E-state index in [1.165, 1.54) is 18.9 Å². The molecule has 3 aromatic carbocycles. The summed E-state index contributed by atoms with van der Waals surface area (Å²) in [4.78, 5) is 14.5. The summed E-state index contributed by atoms with van der Waals surface area (Å²) < 4.78 is 20.7.